The number of anilines is 1. The van der Waals surface area contributed by atoms with Gasteiger partial charge in [0.1, 0.15) is 0 Å². The number of pyridine rings is 1. The highest BCUT2D eigenvalue weighted by Gasteiger charge is 2.01. The van der Waals surface area contributed by atoms with Crippen molar-refractivity contribution in [2.75, 3.05) is 5.73 Å². The topological polar surface area (TPSA) is 64.0 Å². The Morgan fingerprint density at radius 2 is 2.15 bits per heavy atom. The number of rotatable bonds is 0. The zero-order valence-corrected chi connectivity index (χ0v) is 6.91. The summed E-state index contributed by atoms with van der Waals surface area (Å²) < 4.78 is 0. The minimum atomic E-state index is 0.647. The van der Waals surface area contributed by atoms with E-state index in [9.17, 15) is 0 Å². The quantitative estimate of drug-likeness (QED) is 0.643. The Morgan fingerprint density at radius 3 is 2.92 bits per heavy atom. The fourth-order valence-electron chi connectivity index (χ4n) is 1.26. The number of nitrogens with one attached hydrogen (secondary N) is 1. The van der Waals surface area contributed by atoms with Crippen molar-refractivity contribution in [1.82, 2.24) is 0 Å². The van der Waals surface area contributed by atoms with Crippen LogP contribution in [0.5, 0.6) is 0 Å². The van der Waals surface area contributed by atoms with Crippen LogP contribution in [0.2, 0.25) is 0 Å². The Morgan fingerprint density at radius 1 is 1.31 bits per heavy atom. The minimum absolute atomic E-state index is 0.647. The molecule has 0 atom stereocenters. The summed E-state index contributed by atoms with van der Waals surface area (Å²) in [5.74, 6) is 0. The molecule has 3 nitrogen and oxygen atoms in total. The molecule has 0 aliphatic rings. The first kappa shape index (κ1) is 7.56. The van der Waals surface area contributed by atoms with Gasteiger partial charge in [-0.05, 0) is 18.2 Å². The van der Waals surface area contributed by atoms with E-state index in [1.54, 1.807) is 18.3 Å². The number of aromatic amines is 1. The molecule has 0 radical (unpaired) electrons. The lowest BCUT2D eigenvalue weighted by molar-refractivity contribution is -0.343. The summed E-state index contributed by atoms with van der Waals surface area (Å²) in [5.41, 5.74) is 7.86. The Hall–Kier alpha value is -2.08. The number of benzene rings is 1. The van der Waals surface area contributed by atoms with Crippen molar-refractivity contribution in [3.63, 3.8) is 0 Å². The van der Waals surface area contributed by atoms with Crippen molar-refractivity contribution in [1.29, 1.82) is 5.26 Å². The number of H-pyrrole nitrogens is 1. The summed E-state index contributed by atoms with van der Waals surface area (Å²) in [6, 6.07) is 9.40. The fourth-order valence-corrected chi connectivity index (χ4v) is 1.26. The fraction of sp³-hybridized carbons (Fsp3) is 0. The predicted octanol–water partition coefficient (Wildman–Crippen LogP) is 1.11. The third-order valence-corrected chi connectivity index (χ3v) is 1.90. The maximum atomic E-state index is 8.66. The molecule has 0 amide bonds. The predicted molar refractivity (Wildman–Crippen MR) is 49.6 cm³/mol. The molecular weight excluding hydrogens is 162 g/mol. The number of hydrogen-bond acceptors (Lipinski definition) is 2. The second kappa shape index (κ2) is 2.76. The van der Waals surface area contributed by atoms with E-state index in [0.717, 1.165) is 10.9 Å². The van der Waals surface area contributed by atoms with Crippen molar-refractivity contribution in [3.8, 4) is 6.07 Å². The highest BCUT2D eigenvalue weighted by atomic mass is 14.7. The number of nitrogens with two attached hydrogens (primary N) is 1. The number of fused-ring (bicyclic) bond motifs is 1. The molecular formula is C10H8N3+. The maximum absolute atomic E-state index is 8.66. The molecule has 0 aliphatic heterocycles. The van der Waals surface area contributed by atoms with Crippen molar-refractivity contribution in [3.05, 3.63) is 36.0 Å². The largest absolute Gasteiger partial charge is 0.394 e. The van der Waals surface area contributed by atoms with Crippen LogP contribution in [0.25, 0.3) is 10.9 Å². The number of nitriles is 1. The van der Waals surface area contributed by atoms with E-state index >= 15 is 0 Å². The second-order valence-corrected chi connectivity index (χ2v) is 2.85. The van der Waals surface area contributed by atoms with E-state index in [2.05, 4.69) is 11.1 Å². The van der Waals surface area contributed by atoms with E-state index in [-0.39, 0.29) is 0 Å². The summed E-state index contributed by atoms with van der Waals surface area (Å²) in [6.45, 7) is 0. The Bertz CT molecular complexity index is 497. The molecule has 0 saturated heterocycles. The Balaban J connectivity index is 2.75. The van der Waals surface area contributed by atoms with E-state index in [4.69, 9.17) is 11.0 Å². The molecule has 0 unspecified atom stereocenters. The van der Waals surface area contributed by atoms with Crippen LogP contribution in [0, 0.1) is 11.3 Å². The normalized spacial score (nSPS) is 9.77. The highest BCUT2D eigenvalue weighted by molar-refractivity contribution is 5.79. The zero-order valence-electron chi connectivity index (χ0n) is 6.91. The van der Waals surface area contributed by atoms with Gasteiger partial charge in [0.2, 0.25) is 5.52 Å². The van der Waals surface area contributed by atoms with Gasteiger partial charge in [-0.1, -0.05) is 0 Å². The van der Waals surface area contributed by atoms with Gasteiger partial charge in [0.25, 0.3) is 0 Å². The van der Waals surface area contributed by atoms with Crippen LogP contribution in [0.3, 0.4) is 0 Å². The van der Waals surface area contributed by atoms with Crippen LogP contribution >= 0.6 is 0 Å². The highest BCUT2D eigenvalue weighted by Crippen LogP contribution is 2.12. The summed E-state index contributed by atoms with van der Waals surface area (Å²) >= 11 is 0. The third kappa shape index (κ3) is 1.30. The van der Waals surface area contributed by atoms with Gasteiger partial charge in [-0.15, -0.1) is 0 Å². The van der Waals surface area contributed by atoms with Crippen LogP contribution in [0.15, 0.2) is 30.5 Å². The summed E-state index contributed by atoms with van der Waals surface area (Å²) in [5, 5.41) is 9.68. The molecule has 1 heterocycles. The van der Waals surface area contributed by atoms with Gasteiger partial charge >= 0.3 is 0 Å². The first-order valence-corrected chi connectivity index (χ1v) is 3.91. The standard InChI is InChI=1S/C10H7N3/c11-5-7-1-2-8-4-9(12)6-13-10(8)3-7/h1-4,6H,12H2/p+1. The average molecular weight is 170 g/mol. The van der Waals surface area contributed by atoms with E-state index in [1.807, 2.05) is 12.1 Å². The Kier molecular flexibility index (Phi) is 1.60. The van der Waals surface area contributed by atoms with Crippen LogP contribution in [-0.4, -0.2) is 0 Å². The molecule has 2 aromatic rings. The summed E-state index contributed by atoms with van der Waals surface area (Å²) in [7, 11) is 0. The molecule has 0 spiro atoms. The van der Waals surface area contributed by atoms with Gasteiger partial charge in [0.05, 0.1) is 17.3 Å². The Labute approximate surface area is 75.4 Å². The minimum Gasteiger partial charge on any atom is -0.394 e. The van der Waals surface area contributed by atoms with Crippen LogP contribution in [0.4, 0.5) is 5.69 Å². The number of nitrogen functional groups attached to an aromatic ring is 1. The molecule has 0 aliphatic carbocycles. The first-order valence-electron chi connectivity index (χ1n) is 3.91. The molecule has 0 bridgehead atoms. The number of nitrogens with zero attached hydrogens (tertiary/aromatic N) is 1. The molecule has 2 rings (SSSR count). The first-order chi connectivity index (χ1) is 6.29. The summed E-state index contributed by atoms with van der Waals surface area (Å²) in [4.78, 5) is 3.02. The van der Waals surface area contributed by atoms with Crippen molar-refractivity contribution < 1.29 is 4.98 Å². The average Bonchev–Trinajstić information content (AvgIpc) is 2.17. The van der Waals surface area contributed by atoms with Crippen molar-refractivity contribution in [2.45, 2.75) is 0 Å². The molecule has 1 aromatic heterocycles. The smallest absolute Gasteiger partial charge is 0.212 e. The van der Waals surface area contributed by atoms with Crippen LogP contribution in [0.1, 0.15) is 5.56 Å². The van der Waals surface area contributed by atoms with E-state index in [1.165, 1.54) is 0 Å². The molecule has 62 valence electrons. The molecule has 3 heteroatoms. The molecule has 0 fully saturated rings. The zero-order chi connectivity index (χ0) is 9.26. The van der Waals surface area contributed by atoms with Crippen LogP contribution < -0.4 is 10.7 Å². The SMILES string of the molecule is N#Cc1ccc2cc(N)c[nH+]c2c1. The van der Waals surface area contributed by atoms with Crippen LogP contribution in [-0.2, 0) is 0 Å². The monoisotopic (exact) mass is 170 g/mol. The third-order valence-electron chi connectivity index (χ3n) is 1.90. The second-order valence-electron chi connectivity index (χ2n) is 2.85. The van der Waals surface area contributed by atoms with Gasteiger partial charge in [-0.3, -0.25) is 0 Å². The maximum Gasteiger partial charge on any atom is 0.212 e. The molecule has 3 N–H and O–H groups in total. The van der Waals surface area contributed by atoms with Gasteiger partial charge in [0.15, 0.2) is 6.20 Å². The lowest BCUT2D eigenvalue weighted by atomic mass is 10.1. The van der Waals surface area contributed by atoms with E-state index in [0.29, 0.717) is 11.3 Å². The molecule has 0 saturated carbocycles. The van der Waals surface area contributed by atoms with Crippen molar-refractivity contribution >= 4 is 16.6 Å². The van der Waals surface area contributed by atoms with Crippen molar-refractivity contribution in [2.24, 2.45) is 0 Å². The molecule has 13 heavy (non-hydrogen) atoms. The van der Waals surface area contributed by atoms with Gasteiger partial charge in [-0.2, -0.15) is 5.26 Å². The van der Waals surface area contributed by atoms with Gasteiger partial charge in [-0.25, -0.2) is 4.98 Å². The number of hydrogen-bond donors (Lipinski definition) is 1. The number of aromatic nitrogens is 1. The lowest BCUT2D eigenvalue weighted by Gasteiger charge is -1.93. The van der Waals surface area contributed by atoms with E-state index < -0.39 is 0 Å². The lowest BCUT2D eigenvalue weighted by Crippen LogP contribution is -2.04. The van der Waals surface area contributed by atoms with Gasteiger partial charge in [0, 0.05) is 11.5 Å². The molecule has 1 aromatic carbocycles. The summed E-state index contributed by atoms with van der Waals surface area (Å²) in [6.07, 6.45) is 1.71. The van der Waals surface area contributed by atoms with Gasteiger partial charge < -0.3 is 5.73 Å².